The van der Waals surface area contributed by atoms with Crippen molar-refractivity contribution in [1.82, 2.24) is 19.8 Å². The molecule has 0 saturated carbocycles. The molecule has 0 bridgehead atoms. The lowest BCUT2D eigenvalue weighted by molar-refractivity contribution is 0.354. The lowest BCUT2D eigenvalue weighted by Gasteiger charge is -2.11. The summed E-state index contributed by atoms with van der Waals surface area (Å²) >= 11 is 2.22. The lowest BCUT2D eigenvalue weighted by Crippen LogP contribution is -2.31. The summed E-state index contributed by atoms with van der Waals surface area (Å²) in [5.41, 5.74) is 1.61. The molecule has 114 valence electrons. The van der Waals surface area contributed by atoms with Crippen LogP contribution >= 0.6 is 22.6 Å². The van der Waals surface area contributed by atoms with E-state index in [0.29, 0.717) is 19.0 Å². The quantitative estimate of drug-likeness (QED) is 0.715. The molecule has 1 aliphatic rings. The van der Waals surface area contributed by atoms with E-state index in [-0.39, 0.29) is 5.69 Å². The van der Waals surface area contributed by atoms with Crippen molar-refractivity contribution in [2.45, 2.75) is 6.92 Å². The molecule has 1 aromatic heterocycles. The van der Waals surface area contributed by atoms with E-state index < -0.39 is 0 Å². The van der Waals surface area contributed by atoms with Crippen LogP contribution in [0.5, 0.6) is 5.75 Å². The Hall–Kier alpha value is -1.97. The van der Waals surface area contributed by atoms with E-state index in [9.17, 15) is 4.79 Å². The van der Waals surface area contributed by atoms with Crippen molar-refractivity contribution in [1.29, 1.82) is 0 Å². The van der Waals surface area contributed by atoms with Crippen molar-refractivity contribution in [3.8, 4) is 5.75 Å². The van der Waals surface area contributed by atoms with Crippen molar-refractivity contribution >= 4 is 28.4 Å². The highest BCUT2D eigenvalue weighted by atomic mass is 127. The Labute approximate surface area is 140 Å². The molecule has 3 rings (SSSR count). The van der Waals surface area contributed by atoms with Gasteiger partial charge in [-0.2, -0.15) is 4.68 Å². The number of nitrogens with zero attached hydrogens (tertiary/aromatic N) is 5. The van der Waals surface area contributed by atoms with Crippen molar-refractivity contribution in [3.63, 3.8) is 0 Å². The first-order valence-corrected chi connectivity index (χ1v) is 7.76. The molecule has 0 amide bonds. The minimum atomic E-state index is -0.321. The first-order chi connectivity index (χ1) is 10.6. The van der Waals surface area contributed by atoms with Gasteiger partial charge in [-0.1, -0.05) is 18.2 Å². The number of rotatable bonds is 3. The second-order valence-corrected chi connectivity index (χ2v) is 6.18. The summed E-state index contributed by atoms with van der Waals surface area (Å²) < 4.78 is 9.30. The molecule has 0 spiro atoms. The van der Waals surface area contributed by atoms with Crippen LogP contribution < -0.4 is 10.4 Å². The highest BCUT2D eigenvalue weighted by Gasteiger charge is 2.23. The summed E-state index contributed by atoms with van der Waals surface area (Å²) in [4.78, 5) is 16.4. The van der Waals surface area contributed by atoms with Crippen LogP contribution in [0, 0.1) is 6.92 Å². The van der Waals surface area contributed by atoms with E-state index in [0.717, 1.165) is 20.5 Å². The second kappa shape index (κ2) is 6.03. The van der Waals surface area contributed by atoms with E-state index >= 15 is 0 Å². The largest absolute Gasteiger partial charge is 0.488 e. The maximum Gasteiger partial charge on any atom is 0.369 e. The molecular weight excluding hydrogens is 397 g/mol. The number of aromatic nitrogens is 4. The van der Waals surface area contributed by atoms with Gasteiger partial charge in [0.2, 0.25) is 0 Å². The first kappa shape index (κ1) is 14.9. The first-order valence-electron chi connectivity index (χ1n) is 6.68. The third-order valence-electron chi connectivity index (χ3n) is 3.35. The molecule has 0 saturated heterocycles. The number of ether oxygens (including phenoxy) is 1. The van der Waals surface area contributed by atoms with Crippen molar-refractivity contribution in [2.75, 3.05) is 13.2 Å². The Morgan fingerprint density at radius 3 is 2.77 bits per heavy atom. The number of benzene rings is 1. The van der Waals surface area contributed by atoms with Gasteiger partial charge in [0.25, 0.3) is 0 Å². The summed E-state index contributed by atoms with van der Waals surface area (Å²) in [7, 11) is 1.56. The van der Waals surface area contributed by atoms with Crippen molar-refractivity contribution < 1.29 is 4.74 Å². The van der Waals surface area contributed by atoms with Crippen LogP contribution in [-0.2, 0) is 7.05 Å². The molecule has 0 unspecified atom stereocenters. The van der Waals surface area contributed by atoms with Crippen molar-refractivity contribution in [3.05, 3.63) is 49.5 Å². The molecule has 8 heteroatoms. The molecule has 0 N–H and O–H groups in total. The molecular formula is C14H14IN5O2. The molecule has 2 heterocycles. The predicted octanol–water partition coefficient (Wildman–Crippen LogP) is 1.31. The molecule has 7 nitrogen and oxygen atoms in total. The van der Waals surface area contributed by atoms with Gasteiger partial charge >= 0.3 is 5.69 Å². The number of aliphatic imine (C=N–C) groups is 1. The zero-order valence-corrected chi connectivity index (χ0v) is 14.3. The zero-order chi connectivity index (χ0) is 15.7. The molecule has 0 radical (unpaired) electrons. The highest BCUT2D eigenvalue weighted by molar-refractivity contribution is 14.1. The molecule has 2 aromatic rings. The summed E-state index contributed by atoms with van der Waals surface area (Å²) in [6, 6.07) is 7.81. The number of tetrazole rings is 1. The fourth-order valence-corrected chi connectivity index (χ4v) is 2.68. The van der Waals surface area contributed by atoms with Crippen LogP contribution in [0.4, 0.5) is 0 Å². The molecule has 1 aromatic carbocycles. The van der Waals surface area contributed by atoms with Gasteiger partial charge in [-0.3, -0.25) is 4.99 Å². The Balaban J connectivity index is 1.85. The Morgan fingerprint density at radius 1 is 1.32 bits per heavy atom. The average Bonchev–Trinajstić information content (AvgIpc) is 3.02. The standard InChI is InChI=1S/C14H14IN5O2/c1-9-5-3-4-6-12(9)22-8-10-11(15)7-16-13(10)20-14(21)19(2)17-18-20/h3-6H,7-8H2,1-2H3. The van der Waals surface area contributed by atoms with E-state index in [2.05, 4.69) is 38.0 Å². The fraction of sp³-hybridized carbons (Fsp3) is 0.286. The number of para-hydroxylation sites is 1. The monoisotopic (exact) mass is 411 g/mol. The van der Waals surface area contributed by atoms with E-state index in [1.165, 1.54) is 9.36 Å². The van der Waals surface area contributed by atoms with Crippen LogP contribution in [-0.4, -0.2) is 38.8 Å². The predicted molar refractivity (Wildman–Crippen MR) is 90.7 cm³/mol. The number of aryl methyl sites for hydroxylation is 2. The Morgan fingerprint density at radius 2 is 2.09 bits per heavy atom. The molecule has 0 atom stereocenters. The number of hydrogen-bond acceptors (Lipinski definition) is 5. The zero-order valence-electron chi connectivity index (χ0n) is 12.2. The molecule has 0 fully saturated rings. The SMILES string of the molecule is Cc1ccccc1OCC1=C(I)CN=C1n1nnn(C)c1=O. The molecule has 1 aliphatic heterocycles. The summed E-state index contributed by atoms with van der Waals surface area (Å²) in [6.45, 7) is 2.86. The number of halogens is 1. The smallest absolute Gasteiger partial charge is 0.369 e. The second-order valence-electron chi connectivity index (χ2n) is 4.87. The van der Waals surface area contributed by atoms with E-state index in [1.54, 1.807) is 7.05 Å². The highest BCUT2D eigenvalue weighted by Crippen LogP contribution is 2.24. The van der Waals surface area contributed by atoms with Crippen LogP contribution in [0.25, 0.3) is 0 Å². The van der Waals surface area contributed by atoms with Crippen LogP contribution in [0.15, 0.2) is 43.2 Å². The number of hydrogen-bond donors (Lipinski definition) is 0. The van der Waals surface area contributed by atoms with Gasteiger partial charge in [-0.25, -0.2) is 4.79 Å². The summed E-state index contributed by atoms with van der Waals surface area (Å²) in [6.07, 6.45) is 0. The van der Waals surface area contributed by atoms with Gasteiger partial charge in [0.1, 0.15) is 12.4 Å². The third-order valence-corrected chi connectivity index (χ3v) is 4.35. The van der Waals surface area contributed by atoms with E-state index in [4.69, 9.17) is 4.74 Å². The minimum Gasteiger partial charge on any atom is -0.488 e. The van der Waals surface area contributed by atoms with Crippen LogP contribution in [0.1, 0.15) is 5.56 Å². The molecule has 0 aliphatic carbocycles. The molecule has 22 heavy (non-hydrogen) atoms. The normalized spacial score (nSPS) is 14.4. The van der Waals surface area contributed by atoms with E-state index in [1.807, 2.05) is 31.2 Å². The Bertz CT molecular complexity index is 834. The van der Waals surface area contributed by atoms with Crippen molar-refractivity contribution in [2.24, 2.45) is 12.0 Å². The van der Waals surface area contributed by atoms with Gasteiger partial charge in [0, 0.05) is 16.2 Å². The maximum atomic E-state index is 12.0. The van der Waals surface area contributed by atoms with Gasteiger partial charge in [0.15, 0.2) is 5.84 Å². The van der Waals surface area contributed by atoms with Gasteiger partial charge in [-0.05, 0) is 51.6 Å². The van der Waals surface area contributed by atoms with Crippen LogP contribution in [0.3, 0.4) is 0 Å². The maximum absolute atomic E-state index is 12.0. The summed E-state index contributed by atoms with van der Waals surface area (Å²) in [5, 5.41) is 7.57. The van der Waals surface area contributed by atoms with Crippen LogP contribution in [0.2, 0.25) is 0 Å². The third kappa shape index (κ3) is 2.70. The van der Waals surface area contributed by atoms with Gasteiger partial charge < -0.3 is 4.74 Å². The van der Waals surface area contributed by atoms with Gasteiger partial charge in [-0.15, -0.1) is 4.68 Å². The fourth-order valence-electron chi connectivity index (χ4n) is 2.11. The topological polar surface area (TPSA) is 74.3 Å². The Kier molecular flexibility index (Phi) is 4.10. The average molecular weight is 411 g/mol. The lowest BCUT2D eigenvalue weighted by atomic mass is 10.2. The minimum absolute atomic E-state index is 0.321. The summed E-state index contributed by atoms with van der Waals surface area (Å²) in [5.74, 6) is 1.33. The van der Waals surface area contributed by atoms with Gasteiger partial charge in [0.05, 0.1) is 6.54 Å².